The maximum absolute atomic E-state index is 6.04. The van der Waals surface area contributed by atoms with E-state index in [-0.39, 0.29) is 5.41 Å². The fourth-order valence-electron chi connectivity index (χ4n) is 3.31. The van der Waals surface area contributed by atoms with Gasteiger partial charge < -0.3 is 5.32 Å². The second kappa shape index (κ2) is 11.3. The van der Waals surface area contributed by atoms with E-state index in [2.05, 4.69) is 65.1 Å². The van der Waals surface area contributed by atoms with Crippen molar-refractivity contribution in [1.82, 2.24) is 5.32 Å². The van der Waals surface area contributed by atoms with Gasteiger partial charge in [-0.1, -0.05) is 64.3 Å². The molecule has 0 aliphatic heterocycles. The summed E-state index contributed by atoms with van der Waals surface area (Å²) in [5.41, 5.74) is 3.03. The first kappa shape index (κ1) is 22.7. The topological polar surface area (TPSA) is 12.0 Å². The minimum Gasteiger partial charge on any atom is -0.314 e. The van der Waals surface area contributed by atoms with Crippen LogP contribution in [0.2, 0.25) is 0 Å². The van der Waals surface area contributed by atoms with E-state index in [0.717, 1.165) is 37.0 Å². The van der Waals surface area contributed by atoms with Crippen molar-refractivity contribution in [2.45, 2.75) is 79.7 Å². The van der Waals surface area contributed by atoms with Gasteiger partial charge in [0.05, 0.1) is 5.41 Å². The number of hydrogen-bond donors (Lipinski definition) is 1. The van der Waals surface area contributed by atoms with Gasteiger partial charge in [-0.25, -0.2) is 0 Å². The first-order chi connectivity index (χ1) is 11.3. The molecule has 0 radical (unpaired) electrons. The Hall–Kier alpha value is -1.26. The molecule has 0 aromatic carbocycles. The Morgan fingerprint density at radius 1 is 1.21 bits per heavy atom. The summed E-state index contributed by atoms with van der Waals surface area (Å²) in [6, 6.07) is 0.529. The summed E-state index contributed by atoms with van der Waals surface area (Å²) in [5, 5.41) is 3.69. The summed E-state index contributed by atoms with van der Waals surface area (Å²) in [5.74, 6) is 3.49. The molecular weight excluding hydrogens is 290 g/mol. The average Bonchev–Trinajstić information content (AvgIpc) is 2.55. The van der Waals surface area contributed by atoms with Crippen LogP contribution < -0.4 is 5.32 Å². The van der Waals surface area contributed by atoms with Gasteiger partial charge in [-0.05, 0) is 63.6 Å². The normalized spacial score (nSPS) is 16.8. The van der Waals surface area contributed by atoms with Crippen molar-refractivity contribution in [3.63, 3.8) is 0 Å². The Morgan fingerprint density at radius 2 is 1.79 bits per heavy atom. The highest BCUT2D eigenvalue weighted by molar-refractivity contribution is 5.42. The molecule has 0 aliphatic rings. The molecule has 0 saturated heterocycles. The standard InChI is InChI=1S/C23H39N/c1-10-14-19(7)24-17-22(15-11-2)23(9,13-4)20(8)21(12-3)16-18(5)6/h4,16,19,22,24H,5,8,10-12,14-15,17H2,1-3,6-7,9H3/b21-16-. The first-order valence-corrected chi connectivity index (χ1v) is 9.53. The predicted octanol–water partition coefficient (Wildman–Crippen LogP) is 6.29. The zero-order valence-corrected chi connectivity index (χ0v) is 17.0. The summed E-state index contributed by atoms with van der Waals surface area (Å²) < 4.78 is 0. The summed E-state index contributed by atoms with van der Waals surface area (Å²) in [6.07, 6.45) is 13.7. The van der Waals surface area contributed by atoms with Gasteiger partial charge in [0, 0.05) is 6.04 Å². The molecule has 1 nitrogen and oxygen atoms in total. The molecule has 0 aromatic heterocycles. The van der Waals surface area contributed by atoms with Gasteiger partial charge >= 0.3 is 0 Å². The molecule has 3 atom stereocenters. The molecule has 0 aromatic rings. The molecule has 0 saturated carbocycles. The molecule has 0 heterocycles. The molecule has 0 fully saturated rings. The molecule has 0 aliphatic carbocycles. The Morgan fingerprint density at radius 3 is 2.21 bits per heavy atom. The molecule has 3 unspecified atom stereocenters. The fourth-order valence-corrected chi connectivity index (χ4v) is 3.31. The van der Waals surface area contributed by atoms with E-state index in [4.69, 9.17) is 6.42 Å². The Labute approximate surface area is 151 Å². The van der Waals surface area contributed by atoms with Crippen molar-refractivity contribution in [2.75, 3.05) is 6.54 Å². The summed E-state index contributed by atoms with van der Waals surface area (Å²) in [6.45, 7) is 22.4. The molecule has 0 rings (SSSR count). The van der Waals surface area contributed by atoms with Crippen LogP contribution in [0.5, 0.6) is 0 Å². The van der Waals surface area contributed by atoms with Gasteiger partial charge in [0.25, 0.3) is 0 Å². The van der Waals surface area contributed by atoms with Crippen molar-refractivity contribution in [3.8, 4) is 12.3 Å². The molecule has 0 bridgehead atoms. The van der Waals surface area contributed by atoms with E-state index < -0.39 is 0 Å². The number of nitrogens with one attached hydrogen (secondary N) is 1. The molecule has 24 heavy (non-hydrogen) atoms. The third-order valence-corrected chi connectivity index (χ3v) is 5.00. The zero-order chi connectivity index (χ0) is 18.8. The lowest BCUT2D eigenvalue weighted by molar-refractivity contribution is 0.275. The maximum Gasteiger partial charge on any atom is 0.0569 e. The summed E-state index contributed by atoms with van der Waals surface area (Å²) in [7, 11) is 0. The van der Waals surface area contributed by atoms with Crippen molar-refractivity contribution in [2.24, 2.45) is 11.3 Å². The fraction of sp³-hybridized carbons (Fsp3) is 0.652. The zero-order valence-electron chi connectivity index (χ0n) is 17.0. The monoisotopic (exact) mass is 329 g/mol. The van der Waals surface area contributed by atoms with Gasteiger partial charge in [0.2, 0.25) is 0 Å². The van der Waals surface area contributed by atoms with Crippen LogP contribution >= 0.6 is 0 Å². The Bertz CT molecular complexity index is 477. The van der Waals surface area contributed by atoms with E-state index in [0.29, 0.717) is 12.0 Å². The predicted molar refractivity (Wildman–Crippen MR) is 110 cm³/mol. The summed E-state index contributed by atoms with van der Waals surface area (Å²) >= 11 is 0. The molecular formula is C23H39N. The number of terminal acetylenes is 1. The van der Waals surface area contributed by atoms with Crippen LogP contribution in [0.3, 0.4) is 0 Å². The van der Waals surface area contributed by atoms with E-state index in [9.17, 15) is 0 Å². The minimum absolute atomic E-state index is 0.327. The Kier molecular flexibility index (Phi) is 10.7. The molecule has 1 N–H and O–H groups in total. The third kappa shape index (κ3) is 6.70. The van der Waals surface area contributed by atoms with Crippen LogP contribution in [0.1, 0.15) is 73.6 Å². The Balaban J connectivity index is 5.46. The van der Waals surface area contributed by atoms with Crippen LogP contribution in [-0.2, 0) is 0 Å². The van der Waals surface area contributed by atoms with E-state index in [1.807, 2.05) is 6.92 Å². The second-order valence-corrected chi connectivity index (χ2v) is 7.28. The van der Waals surface area contributed by atoms with E-state index in [1.54, 1.807) is 0 Å². The number of rotatable bonds is 12. The molecule has 1 heteroatoms. The highest BCUT2D eigenvalue weighted by atomic mass is 14.9. The first-order valence-electron chi connectivity index (χ1n) is 9.53. The van der Waals surface area contributed by atoms with Gasteiger partial charge in [-0.3, -0.25) is 0 Å². The van der Waals surface area contributed by atoms with Gasteiger partial charge in [-0.2, -0.15) is 0 Å². The highest BCUT2D eigenvalue weighted by Gasteiger charge is 2.35. The van der Waals surface area contributed by atoms with Crippen LogP contribution in [-0.4, -0.2) is 12.6 Å². The highest BCUT2D eigenvalue weighted by Crippen LogP contribution is 2.41. The minimum atomic E-state index is -0.327. The second-order valence-electron chi connectivity index (χ2n) is 7.28. The van der Waals surface area contributed by atoms with Crippen LogP contribution in [0, 0.1) is 23.7 Å². The number of hydrogen-bond acceptors (Lipinski definition) is 1. The average molecular weight is 330 g/mol. The van der Waals surface area contributed by atoms with Crippen LogP contribution in [0.25, 0.3) is 0 Å². The maximum atomic E-state index is 6.04. The summed E-state index contributed by atoms with van der Waals surface area (Å²) in [4.78, 5) is 0. The smallest absolute Gasteiger partial charge is 0.0569 e. The largest absolute Gasteiger partial charge is 0.314 e. The van der Waals surface area contributed by atoms with Crippen molar-refractivity contribution >= 4 is 0 Å². The lowest BCUT2D eigenvalue weighted by atomic mass is 9.68. The molecule has 136 valence electrons. The molecule has 0 amide bonds. The van der Waals surface area contributed by atoms with Gasteiger partial charge in [0.1, 0.15) is 0 Å². The van der Waals surface area contributed by atoms with Crippen molar-refractivity contribution in [3.05, 3.63) is 36.0 Å². The lowest BCUT2D eigenvalue weighted by Crippen LogP contribution is -2.39. The van der Waals surface area contributed by atoms with E-state index >= 15 is 0 Å². The van der Waals surface area contributed by atoms with E-state index in [1.165, 1.54) is 18.4 Å². The molecule has 0 spiro atoms. The third-order valence-electron chi connectivity index (χ3n) is 5.00. The van der Waals surface area contributed by atoms with Crippen molar-refractivity contribution < 1.29 is 0 Å². The van der Waals surface area contributed by atoms with Crippen molar-refractivity contribution in [1.29, 1.82) is 0 Å². The SMILES string of the molecule is C#CC(C)(C(=C)/C(=C\C(=C)C)CC)C(CCC)CNC(C)CCC. The van der Waals surface area contributed by atoms with Gasteiger partial charge in [0.15, 0.2) is 0 Å². The quantitative estimate of drug-likeness (QED) is 0.328. The lowest BCUT2D eigenvalue weighted by Gasteiger charge is -2.37. The van der Waals surface area contributed by atoms with Crippen LogP contribution in [0.15, 0.2) is 36.0 Å². The number of allylic oxidation sites excluding steroid dienone is 4. The van der Waals surface area contributed by atoms with Gasteiger partial charge in [-0.15, -0.1) is 6.42 Å². The van der Waals surface area contributed by atoms with Crippen LogP contribution in [0.4, 0.5) is 0 Å².